The van der Waals surface area contributed by atoms with Crippen LogP contribution in [-0.2, 0) is 17.5 Å². The number of benzene rings is 3. The Labute approximate surface area is 258 Å². The highest BCUT2D eigenvalue weighted by Crippen LogP contribution is 2.35. The van der Waals surface area contributed by atoms with Crippen molar-refractivity contribution in [1.29, 1.82) is 0 Å². The standard InChI is InChI=1S/C32H33F3N6O4/c1-20(2)41-13-11-40(12-14-41)18-22-7-8-23(16-27(22)32(33,34)35)38-30(42)26-6-4-5-21-15-24(9-10-25(21)26)45-29-17-28(36-19-37-29)39-31(43)44-3/h4-10,15-17,19-20H,11-14,18H2,1-3H3,(H,38,42)(H,36,37,39,43). The van der Waals surface area contributed by atoms with Gasteiger partial charge in [-0.1, -0.05) is 18.2 Å². The Balaban J connectivity index is 1.31. The van der Waals surface area contributed by atoms with E-state index in [0.29, 0.717) is 35.7 Å². The molecule has 236 valence electrons. The normalized spacial score (nSPS) is 14.4. The first kappa shape index (κ1) is 31.7. The van der Waals surface area contributed by atoms with Gasteiger partial charge in [-0.3, -0.25) is 19.9 Å². The molecule has 2 amide bonds. The number of carbonyl (C=O) groups is 2. The van der Waals surface area contributed by atoms with Crippen LogP contribution in [0, 0.1) is 0 Å². The van der Waals surface area contributed by atoms with Crippen molar-refractivity contribution in [2.45, 2.75) is 32.6 Å². The van der Waals surface area contributed by atoms with E-state index in [-0.39, 0.29) is 35.1 Å². The summed E-state index contributed by atoms with van der Waals surface area (Å²) in [5, 5.41) is 6.30. The predicted molar refractivity (Wildman–Crippen MR) is 163 cm³/mol. The first-order chi connectivity index (χ1) is 21.5. The summed E-state index contributed by atoms with van der Waals surface area (Å²) >= 11 is 0. The molecular formula is C32H33F3N6O4. The zero-order valence-corrected chi connectivity index (χ0v) is 25.0. The zero-order chi connectivity index (χ0) is 32.1. The summed E-state index contributed by atoms with van der Waals surface area (Å²) in [6.45, 7) is 7.40. The van der Waals surface area contributed by atoms with Crippen molar-refractivity contribution in [2.24, 2.45) is 0 Å². The number of carbonyl (C=O) groups excluding carboxylic acids is 2. The van der Waals surface area contributed by atoms with Crippen molar-refractivity contribution in [3.05, 3.63) is 83.7 Å². The van der Waals surface area contributed by atoms with Gasteiger partial charge < -0.3 is 14.8 Å². The van der Waals surface area contributed by atoms with Crippen molar-refractivity contribution < 1.29 is 32.2 Å². The van der Waals surface area contributed by atoms with E-state index >= 15 is 0 Å². The van der Waals surface area contributed by atoms with Gasteiger partial charge in [0.25, 0.3) is 5.91 Å². The fourth-order valence-corrected chi connectivity index (χ4v) is 5.20. The second-order valence-electron chi connectivity index (χ2n) is 10.9. The third-order valence-corrected chi connectivity index (χ3v) is 7.58. The summed E-state index contributed by atoms with van der Waals surface area (Å²) in [5.74, 6) is 0.192. The Bertz CT molecular complexity index is 1690. The van der Waals surface area contributed by atoms with Gasteiger partial charge in [0.1, 0.15) is 17.9 Å². The largest absolute Gasteiger partial charge is 0.453 e. The van der Waals surface area contributed by atoms with Gasteiger partial charge in [0.2, 0.25) is 5.88 Å². The molecule has 0 aliphatic carbocycles. The molecule has 0 radical (unpaired) electrons. The molecule has 1 aliphatic heterocycles. The SMILES string of the molecule is COC(=O)Nc1cc(Oc2ccc3c(C(=O)Nc4ccc(CN5CCN(C(C)C)CC5)c(C(F)(F)F)c4)cccc3c2)ncn1. The smallest absolute Gasteiger partial charge is 0.416 e. The molecule has 13 heteroatoms. The minimum absolute atomic E-state index is 0.0535. The Morgan fingerprint density at radius 3 is 2.44 bits per heavy atom. The third-order valence-electron chi connectivity index (χ3n) is 7.58. The Morgan fingerprint density at radius 1 is 0.956 bits per heavy atom. The number of fused-ring (bicyclic) bond motifs is 1. The van der Waals surface area contributed by atoms with Gasteiger partial charge in [0.15, 0.2) is 0 Å². The molecule has 0 unspecified atom stereocenters. The zero-order valence-electron chi connectivity index (χ0n) is 25.0. The first-order valence-corrected chi connectivity index (χ1v) is 14.4. The molecular weight excluding hydrogens is 589 g/mol. The number of hydrogen-bond acceptors (Lipinski definition) is 8. The third kappa shape index (κ3) is 7.86. The number of anilines is 2. The number of piperazine rings is 1. The van der Waals surface area contributed by atoms with Crippen molar-refractivity contribution >= 4 is 34.3 Å². The lowest BCUT2D eigenvalue weighted by molar-refractivity contribution is -0.138. The average Bonchev–Trinajstić information content (AvgIpc) is 3.01. The molecule has 0 spiro atoms. The Kier molecular flexibility index (Phi) is 9.49. The maximum Gasteiger partial charge on any atom is 0.416 e. The molecule has 1 aliphatic rings. The molecule has 0 bridgehead atoms. The van der Waals surface area contributed by atoms with E-state index in [1.807, 2.05) is 4.90 Å². The highest BCUT2D eigenvalue weighted by atomic mass is 19.4. The summed E-state index contributed by atoms with van der Waals surface area (Å²) < 4.78 is 52.7. The number of hydrogen-bond donors (Lipinski definition) is 2. The van der Waals surface area contributed by atoms with Gasteiger partial charge in [0, 0.05) is 56.1 Å². The molecule has 1 aromatic heterocycles. The first-order valence-electron chi connectivity index (χ1n) is 14.4. The van der Waals surface area contributed by atoms with Crippen LogP contribution in [0.15, 0.2) is 67.0 Å². The molecule has 2 N–H and O–H groups in total. The molecule has 3 aromatic carbocycles. The van der Waals surface area contributed by atoms with E-state index in [1.165, 1.54) is 31.6 Å². The Hall–Kier alpha value is -4.75. The number of alkyl halides is 3. The van der Waals surface area contributed by atoms with Crippen LogP contribution in [0.4, 0.5) is 29.5 Å². The second kappa shape index (κ2) is 13.5. The molecule has 1 saturated heterocycles. The number of ether oxygens (including phenoxy) is 2. The van der Waals surface area contributed by atoms with E-state index in [1.54, 1.807) is 36.4 Å². The monoisotopic (exact) mass is 622 g/mol. The van der Waals surface area contributed by atoms with Crippen molar-refractivity contribution in [2.75, 3.05) is 43.9 Å². The van der Waals surface area contributed by atoms with Gasteiger partial charge in [-0.25, -0.2) is 14.8 Å². The lowest BCUT2D eigenvalue weighted by Crippen LogP contribution is -2.48. The number of halogens is 3. The van der Waals surface area contributed by atoms with Crippen LogP contribution in [0.2, 0.25) is 0 Å². The summed E-state index contributed by atoms with van der Waals surface area (Å²) in [7, 11) is 1.23. The predicted octanol–water partition coefficient (Wildman–Crippen LogP) is 6.40. The van der Waals surface area contributed by atoms with Crippen LogP contribution in [-0.4, -0.2) is 71.1 Å². The van der Waals surface area contributed by atoms with Crippen LogP contribution < -0.4 is 15.4 Å². The topological polar surface area (TPSA) is 109 Å². The maximum absolute atomic E-state index is 14.1. The van der Waals surface area contributed by atoms with Gasteiger partial charge in [-0.15, -0.1) is 0 Å². The van der Waals surface area contributed by atoms with Gasteiger partial charge >= 0.3 is 12.3 Å². The molecule has 10 nitrogen and oxygen atoms in total. The van der Waals surface area contributed by atoms with Crippen molar-refractivity contribution in [1.82, 2.24) is 19.8 Å². The molecule has 0 saturated carbocycles. The van der Waals surface area contributed by atoms with E-state index in [0.717, 1.165) is 19.2 Å². The molecule has 4 aromatic rings. The molecule has 2 heterocycles. The fraction of sp³-hybridized carbons (Fsp3) is 0.312. The van der Waals surface area contributed by atoms with E-state index in [4.69, 9.17) is 4.74 Å². The van der Waals surface area contributed by atoms with Crippen LogP contribution in [0.1, 0.15) is 35.3 Å². The van der Waals surface area contributed by atoms with Crippen molar-refractivity contribution in [3.63, 3.8) is 0 Å². The van der Waals surface area contributed by atoms with Crippen LogP contribution >= 0.6 is 0 Å². The maximum atomic E-state index is 14.1. The number of nitrogens with one attached hydrogen (secondary N) is 2. The van der Waals surface area contributed by atoms with Crippen LogP contribution in [0.25, 0.3) is 10.8 Å². The minimum Gasteiger partial charge on any atom is -0.453 e. The number of rotatable bonds is 8. The second-order valence-corrected chi connectivity index (χ2v) is 10.9. The quantitative estimate of drug-likeness (QED) is 0.233. The van der Waals surface area contributed by atoms with Gasteiger partial charge in [-0.2, -0.15) is 13.2 Å². The Morgan fingerprint density at radius 2 is 1.73 bits per heavy atom. The molecule has 0 atom stereocenters. The molecule has 45 heavy (non-hydrogen) atoms. The van der Waals surface area contributed by atoms with E-state index in [9.17, 15) is 22.8 Å². The average molecular weight is 623 g/mol. The van der Waals surface area contributed by atoms with Crippen LogP contribution in [0.5, 0.6) is 11.6 Å². The molecule has 5 rings (SSSR count). The number of aromatic nitrogens is 2. The number of methoxy groups -OCH3 is 1. The summed E-state index contributed by atoms with van der Waals surface area (Å²) in [5.41, 5.74) is -0.252. The summed E-state index contributed by atoms with van der Waals surface area (Å²) in [4.78, 5) is 37.1. The highest BCUT2D eigenvalue weighted by Gasteiger charge is 2.34. The van der Waals surface area contributed by atoms with E-state index in [2.05, 4.69) is 44.1 Å². The van der Waals surface area contributed by atoms with E-state index < -0.39 is 23.7 Å². The lowest BCUT2D eigenvalue weighted by atomic mass is 10.0. The number of amides is 2. The van der Waals surface area contributed by atoms with Gasteiger partial charge in [0.05, 0.1) is 12.7 Å². The minimum atomic E-state index is -4.58. The van der Waals surface area contributed by atoms with Crippen LogP contribution in [0.3, 0.4) is 0 Å². The fourth-order valence-electron chi connectivity index (χ4n) is 5.20. The lowest BCUT2D eigenvalue weighted by Gasteiger charge is -2.37. The van der Waals surface area contributed by atoms with Gasteiger partial charge in [-0.05, 0) is 66.6 Å². The summed E-state index contributed by atoms with van der Waals surface area (Å²) in [6, 6.07) is 15.8. The summed E-state index contributed by atoms with van der Waals surface area (Å²) in [6.07, 6.45) is -4.06. The number of nitrogens with zero attached hydrogens (tertiary/aromatic N) is 4. The highest BCUT2D eigenvalue weighted by molar-refractivity contribution is 6.13. The van der Waals surface area contributed by atoms with Crippen molar-refractivity contribution in [3.8, 4) is 11.6 Å². The molecule has 1 fully saturated rings.